The quantitative estimate of drug-likeness (QED) is 0.436. The number of nitrogens with one attached hydrogen (secondary N) is 1. The summed E-state index contributed by atoms with van der Waals surface area (Å²) in [7, 11) is 0. The lowest BCUT2D eigenvalue weighted by Gasteiger charge is -2.09. The molecule has 9 heteroatoms. The molecule has 0 atom stereocenters. The summed E-state index contributed by atoms with van der Waals surface area (Å²) >= 11 is 0. The number of carbonyl (C=O) groups excluding carboxylic acids is 1. The number of nitrogens with two attached hydrogens (primary N) is 1. The number of rotatable bonds is 7. The van der Waals surface area contributed by atoms with Gasteiger partial charge in [0.15, 0.2) is 11.5 Å². The fraction of sp³-hybridized carbons (Fsp3) is 0.250. The number of oxazole rings is 1. The largest absolute Gasteiger partial charge is 0.491 e. The molecule has 0 radical (unpaired) electrons. The van der Waals surface area contributed by atoms with Crippen LogP contribution in [0, 0.1) is 13.8 Å². The molecule has 33 heavy (non-hydrogen) atoms. The van der Waals surface area contributed by atoms with E-state index < -0.39 is 5.91 Å². The topological polar surface area (TPSA) is 121 Å². The van der Waals surface area contributed by atoms with Gasteiger partial charge in [-0.25, -0.2) is 9.67 Å². The molecule has 4 aromatic rings. The van der Waals surface area contributed by atoms with Crippen LogP contribution in [-0.4, -0.2) is 32.0 Å². The Hall–Kier alpha value is -4.14. The minimum atomic E-state index is -0.425. The Bertz CT molecular complexity index is 1270. The monoisotopic (exact) mass is 446 g/mol. The van der Waals surface area contributed by atoms with Gasteiger partial charge in [0.25, 0.3) is 5.91 Å². The molecular formula is C24H26N6O3. The molecule has 170 valence electrons. The van der Waals surface area contributed by atoms with Gasteiger partial charge in [-0.15, -0.1) is 5.10 Å². The molecule has 2 aromatic heterocycles. The van der Waals surface area contributed by atoms with Crippen LogP contribution in [0.2, 0.25) is 0 Å². The molecule has 0 spiro atoms. The molecular weight excluding hydrogens is 420 g/mol. The molecule has 1 amide bonds. The predicted octanol–water partition coefficient (Wildman–Crippen LogP) is 4.22. The first-order chi connectivity index (χ1) is 15.8. The van der Waals surface area contributed by atoms with Crippen LogP contribution in [0.1, 0.15) is 41.4 Å². The number of benzene rings is 2. The van der Waals surface area contributed by atoms with Gasteiger partial charge >= 0.3 is 0 Å². The van der Waals surface area contributed by atoms with Crippen LogP contribution >= 0.6 is 0 Å². The highest BCUT2D eigenvalue weighted by molar-refractivity contribution is 6.05. The van der Waals surface area contributed by atoms with E-state index >= 15 is 0 Å². The number of amides is 1. The Morgan fingerprint density at radius 2 is 1.94 bits per heavy atom. The minimum Gasteiger partial charge on any atom is -0.491 e. The van der Waals surface area contributed by atoms with Crippen LogP contribution < -0.4 is 15.8 Å². The summed E-state index contributed by atoms with van der Waals surface area (Å²) in [5, 5.41) is 10.8. The Balaban J connectivity index is 1.49. The predicted molar refractivity (Wildman–Crippen MR) is 125 cm³/mol. The van der Waals surface area contributed by atoms with Crippen LogP contribution in [0.25, 0.3) is 11.5 Å². The lowest BCUT2D eigenvalue weighted by Crippen LogP contribution is -2.15. The molecule has 0 unspecified atom stereocenters. The number of hydrogen-bond acceptors (Lipinski definition) is 7. The maximum atomic E-state index is 12.6. The summed E-state index contributed by atoms with van der Waals surface area (Å²) in [6.07, 6.45) is 0.100. The first-order valence-corrected chi connectivity index (χ1v) is 10.6. The molecule has 0 saturated carbocycles. The molecule has 4 rings (SSSR count). The summed E-state index contributed by atoms with van der Waals surface area (Å²) < 4.78 is 12.9. The van der Waals surface area contributed by atoms with Crippen molar-refractivity contribution in [2.75, 3.05) is 11.1 Å². The highest BCUT2D eigenvalue weighted by Crippen LogP contribution is 2.25. The van der Waals surface area contributed by atoms with E-state index in [4.69, 9.17) is 14.9 Å². The zero-order chi connectivity index (χ0) is 23.5. The summed E-state index contributed by atoms with van der Waals surface area (Å²) in [4.78, 5) is 17.2. The van der Waals surface area contributed by atoms with Crippen LogP contribution in [0.3, 0.4) is 0 Å². The molecule has 2 aromatic carbocycles. The van der Waals surface area contributed by atoms with E-state index in [0.717, 1.165) is 16.9 Å². The van der Waals surface area contributed by atoms with Crippen molar-refractivity contribution in [1.29, 1.82) is 0 Å². The number of aryl methyl sites for hydroxylation is 2. The lowest BCUT2D eigenvalue weighted by atomic mass is 10.2. The molecule has 0 aliphatic heterocycles. The number of nitrogen functional groups attached to an aromatic ring is 1. The molecule has 0 saturated heterocycles. The number of aromatic nitrogens is 4. The number of anilines is 2. The van der Waals surface area contributed by atoms with Gasteiger partial charge in [-0.3, -0.25) is 4.79 Å². The van der Waals surface area contributed by atoms with Crippen molar-refractivity contribution >= 4 is 17.4 Å². The Morgan fingerprint density at radius 1 is 1.18 bits per heavy atom. The number of nitrogens with zero attached hydrogens (tertiary/aromatic N) is 4. The van der Waals surface area contributed by atoms with Gasteiger partial charge in [-0.2, -0.15) is 0 Å². The molecule has 0 aliphatic carbocycles. The fourth-order valence-corrected chi connectivity index (χ4v) is 3.30. The number of hydrogen-bond donors (Lipinski definition) is 2. The summed E-state index contributed by atoms with van der Waals surface area (Å²) in [6, 6.07) is 15.0. The average Bonchev–Trinajstić information content (AvgIpc) is 3.31. The van der Waals surface area contributed by atoms with Crippen molar-refractivity contribution in [2.45, 2.75) is 40.3 Å². The third-order valence-electron chi connectivity index (χ3n) is 4.93. The van der Waals surface area contributed by atoms with Crippen LogP contribution in [-0.2, 0) is 6.54 Å². The van der Waals surface area contributed by atoms with E-state index in [1.807, 2.05) is 70.2 Å². The second kappa shape index (κ2) is 9.15. The molecule has 9 nitrogen and oxygen atoms in total. The van der Waals surface area contributed by atoms with Crippen molar-refractivity contribution in [3.63, 3.8) is 0 Å². The van der Waals surface area contributed by atoms with E-state index in [1.54, 1.807) is 6.07 Å². The van der Waals surface area contributed by atoms with Gasteiger partial charge in [-0.1, -0.05) is 17.3 Å². The Labute approximate surface area is 191 Å². The van der Waals surface area contributed by atoms with E-state index in [2.05, 4.69) is 20.6 Å². The Kier molecular flexibility index (Phi) is 6.12. The first-order valence-electron chi connectivity index (χ1n) is 10.6. The molecule has 2 heterocycles. The fourth-order valence-electron chi connectivity index (χ4n) is 3.30. The third-order valence-corrected chi connectivity index (χ3v) is 4.93. The van der Waals surface area contributed by atoms with E-state index in [9.17, 15) is 4.79 Å². The van der Waals surface area contributed by atoms with Gasteiger partial charge in [0.1, 0.15) is 17.2 Å². The van der Waals surface area contributed by atoms with Gasteiger partial charge in [0.05, 0.1) is 12.6 Å². The van der Waals surface area contributed by atoms with Crippen molar-refractivity contribution in [2.24, 2.45) is 0 Å². The number of ether oxygens (including phenoxy) is 1. The molecule has 0 bridgehead atoms. The van der Waals surface area contributed by atoms with Gasteiger partial charge in [-0.05, 0) is 69.7 Å². The normalized spacial score (nSPS) is 11.1. The third kappa shape index (κ3) is 5.03. The molecule has 0 fully saturated rings. The summed E-state index contributed by atoms with van der Waals surface area (Å²) in [6.45, 7) is 7.94. The van der Waals surface area contributed by atoms with Crippen molar-refractivity contribution in [3.8, 4) is 17.2 Å². The van der Waals surface area contributed by atoms with Crippen molar-refractivity contribution < 1.29 is 13.9 Å². The Morgan fingerprint density at radius 3 is 2.64 bits per heavy atom. The van der Waals surface area contributed by atoms with Crippen LogP contribution in [0.4, 0.5) is 11.5 Å². The highest BCUT2D eigenvalue weighted by atomic mass is 16.5. The maximum absolute atomic E-state index is 12.6. The van der Waals surface area contributed by atoms with E-state index in [0.29, 0.717) is 23.0 Å². The van der Waals surface area contributed by atoms with E-state index in [1.165, 1.54) is 4.68 Å². The van der Waals surface area contributed by atoms with Crippen LogP contribution in [0.15, 0.2) is 52.9 Å². The van der Waals surface area contributed by atoms with Gasteiger partial charge in [0, 0.05) is 11.3 Å². The van der Waals surface area contributed by atoms with Gasteiger partial charge in [0.2, 0.25) is 5.89 Å². The lowest BCUT2D eigenvalue weighted by molar-refractivity contribution is 0.102. The zero-order valence-corrected chi connectivity index (χ0v) is 19.0. The highest BCUT2D eigenvalue weighted by Gasteiger charge is 2.20. The van der Waals surface area contributed by atoms with Crippen molar-refractivity contribution in [3.05, 3.63) is 71.2 Å². The molecule has 3 N–H and O–H groups in total. The van der Waals surface area contributed by atoms with Crippen LogP contribution in [0.5, 0.6) is 5.75 Å². The summed E-state index contributed by atoms with van der Waals surface area (Å²) in [5.74, 6) is 1.62. The van der Waals surface area contributed by atoms with Crippen molar-refractivity contribution in [1.82, 2.24) is 20.0 Å². The second-order valence-electron chi connectivity index (χ2n) is 8.02. The smallest absolute Gasteiger partial charge is 0.280 e. The SMILES string of the molecule is Cc1cccc(NC(=O)c2nnn(Cc3nc(-c4ccc(OC(C)C)cc4)oc3C)c2N)c1. The average molecular weight is 447 g/mol. The maximum Gasteiger partial charge on any atom is 0.280 e. The zero-order valence-electron chi connectivity index (χ0n) is 19.0. The first kappa shape index (κ1) is 22.1. The number of carbonyl (C=O) groups is 1. The minimum absolute atomic E-state index is 0.0543. The van der Waals surface area contributed by atoms with E-state index in [-0.39, 0.29) is 24.2 Å². The van der Waals surface area contributed by atoms with Gasteiger partial charge < -0.3 is 20.2 Å². The summed E-state index contributed by atoms with van der Waals surface area (Å²) in [5.41, 5.74) is 9.39. The second-order valence-corrected chi connectivity index (χ2v) is 8.02. The molecule has 0 aliphatic rings. The standard InChI is InChI=1S/C24H26N6O3/c1-14(2)32-19-10-8-17(9-11-19)24-27-20(16(4)33-24)13-30-22(25)21(28-29-30)23(31)26-18-7-5-6-15(3)12-18/h5-12,14H,13,25H2,1-4H3,(H,26,31).